The van der Waals surface area contributed by atoms with E-state index in [0.29, 0.717) is 5.69 Å². The molecule has 25 heavy (non-hydrogen) atoms. The molecule has 126 valence electrons. The van der Waals surface area contributed by atoms with Crippen molar-refractivity contribution in [3.63, 3.8) is 0 Å². The van der Waals surface area contributed by atoms with Crippen molar-refractivity contribution in [1.29, 1.82) is 0 Å². The van der Waals surface area contributed by atoms with E-state index in [2.05, 4.69) is 81.4 Å². The van der Waals surface area contributed by atoms with E-state index in [1.807, 2.05) is 12.1 Å². The van der Waals surface area contributed by atoms with Gasteiger partial charge in [0, 0.05) is 18.6 Å². The first-order valence-corrected chi connectivity index (χ1v) is 8.65. The Hall–Kier alpha value is -2.66. The van der Waals surface area contributed by atoms with Crippen molar-refractivity contribution in [3.05, 3.63) is 70.7 Å². The van der Waals surface area contributed by atoms with Gasteiger partial charge >= 0.3 is 0 Å². The van der Waals surface area contributed by atoms with Crippen molar-refractivity contribution in [2.45, 2.75) is 40.0 Å². The lowest BCUT2D eigenvalue weighted by Gasteiger charge is -2.21. The van der Waals surface area contributed by atoms with E-state index in [1.165, 1.54) is 33.5 Å². The van der Waals surface area contributed by atoms with Gasteiger partial charge < -0.3 is 0 Å². The van der Waals surface area contributed by atoms with Crippen molar-refractivity contribution in [2.24, 2.45) is 7.05 Å². The van der Waals surface area contributed by atoms with Crippen LogP contribution >= 0.6 is 0 Å². The first-order valence-electron chi connectivity index (χ1n) is 8.65. The smallest absolute Gasteiger partial charge is 0.220 e. The molecule has 0 aliphatic carbocycles. The van der Waals surface area contributed by atoms with E-state index in [0.717, 1.165) is 5.39 Å². The number of hydrogen-bond acceptors (Lipinski definition) is 0. The van der Waals surface area contributed by atoms with Crippen LogP contribution in [0.5, 0.6) is 0 Å². The highest BCUT2D eigenvalue weighted by molar-refractivity contribution is 5.95. The van der Waals surface area contributed by atoms with Crippen LogP contribution in [0.4, 0.5) is 5.69 Å². The third-order valence-electron chi connectivity index (χ3n) is 5.01. The molecule has 0 bridgehead atoms. The SMILES string of the molecule is [C-]#[N+]c1ccc2c(-c3cc(C(C)(C)C)ccc3C)[n+](C)c(C)cc2c1. The molecule has 3 aromatic rings. The molecular weight excluding hydrogens is 304 g/mol. The highest BCUT2D eigenvalue weighted by Gasteiger charge is 2.22. The summed E-state index contributed by atoms with van der Waals surface area (Å²) >= 11 is 0. The number of aromatic nitrogens is 1. The minimum atomic E-state index is 0.109. The molecule has 1 aromatic heterocycles. The fourth-order valence-corrected chi connectivity index (χ4v) is 3.30. The normalized spacial score (nSPS) is 11.6. The van der Waals surface area contributed by atoms with E-state index in [1.54, 1.807) is 0 Å². The Balaban J connectivity index is 2.40. The Bertz CT molecular complexity index is 1010. The second-order valence-electron chi connectivity index (χ2n) is 7.86. The molecule has 0 radical (unpaired) electrons. The van der Waals surface area contributed by atoms with Gasteiger partial charge in [-0.05, 0) is 41.0 Å². The summed E-state index contributed by atoms with van der Waals surface area (Å²) in [5, 5.41) is 2.31. The van der Waals surface area contributed by atoms with Crippen LogP contribution in [0.15, 0.2) is 42.5 Å². The monoisotopic (exact) mass is 329 g/mol. The molecular formula is C23H25N2+. The summed E-state index contributed by atoms with van der Waals surface area (Å²) in [6.07, 6.45) is 0. The van der Waals surface area contributed by atoms with E-state index in [4.69, 9.17) is 6.57 Å². The maximum atomic E-state index is 7.28. The molecule has 0 unspecified atom stereocenters. The predicted molar refractivity (Wildman–Crippen MR) is 105 cm³/mol. The van der Waals surface area contributed by atoms with Gasteiger partial charge in [0.15, 0.2) is 11.4 Å². The van der Waals surface area contributed by atoms with Crippen LogP contribution in [0.1, 0.15) is 37.6 Å². The Kier molecular flexibility index (Phi) is 4.13. The quantitative estimate of drug-likeness (QED) is 0.394. The second-order valence-corrected chi connectivity index (χ2v) is 7.86. The van der Waals surface area contributed by atoms with Gasteiger partial charge in [-0.15, -0.1) is 0 Å². The fraction of sp³-hybridized carbons (Fsp3) is 0.304. The van der Waals surface area contributed by atoms with Crippen molar-refractivity contribution in [1.82, 2.24) is 0 Å². The molecule has 2 heteroatoms. The second kappa shape index (κ2) is 6.01. The van der Waals surface area contributed by atoms with Gasteiger partial charge in [-0.1, -0.05) is 45.0 Å². The Morgan fingerprint density at radius 1 is 0.960 bits per heavy atom. The van der Waals surface area contributed by atoms with Crippen LogP contribution in [0.25, 0.3) is 26.9 Å². The Morgan fingerprint density at radius 2 is 1.68 bits per heavy atom. The third kappa shape index (κ3) is 3.03. The van der Waals surface area contributed by atoms with Crippen LogP contribution in [0.3, 0.4) is 0 Å². The largest absolute Gasteiger partial charge is 0.238 e. The summed E-state index contributed by atoms with van der Waals surface area (Å²) in [6.45, 7) is 18.3. The zero-order valence-corrected chi connectivity index (χ0v) is 15.9. The summed E-state index contributed by atoms with van der Waals surface area (Å²) in [6, 6.07) is 14.9. The van der Waals surface area contributed by atoms with Gasteiger partial charge in [0.1, 0.15) is 7.05 Å². The van der Waals surface area contributed by atoms with Crippen molar-refractivity contribution < 1.29 is 4.57 Å². The zero-order chi connectivity index (χ0) is 18.4. The van der Waals surface area contributed by atoms with Crippen molar-refractivity contribution in [2.75, 3.05) is 0 Å². The predicted octanol–water partition coefficient (Wildman–Crippen LogP) is 5.80. The Morgan fingerprint density at radius 3 is 2.32 bits per heavy atom. The van der Waals surface area contributed by atoms with Crippen LogP contribution in [0, 0.1) is 20.4 Å². The number of pyridine rings is 1. The van der Waals surface area contributed by atoms with Crippen LogP contribution in [0.2, 0.25) is 0 Å². The number of fused-ring (bicyclic) bond motifs is 1. The fourth-order valence-electron chi connectivity index (χ4n) is 3.30. The van der Waals surface area contributed by atoms with Crippen molar-refractivity contribution in [3.8, 4) is 11.3 Å². The minimum absolute atomic E-state index is 0.109. The van der Waals surface area contributed by atoms with Gasteiger partial charge in [0.05, 0.1) is 12.0 Å². The molecule has 2 aromatic carbocycles. The molecule has 0 atom stereocenters. The topological polar surface area (TPSA) is 8.24 Å². The summed E-state index contributed by atoms with van der Waals surface area (Å²) in [4.78, 5) is 3.58. The number of rotatable bonds is 1. The molecule has 0 N–H and O–H groups in total. The van der Waals surface area contributed by atoms with Gasteiger partial charge in [0.25, 0.3) is 0 Å². The molecule has 2 nitrogen and oxygen atoms in total. The molecule has 0 spiro atoms. The van der Waals surface area contributed by atoms with E-state index >= 15 is 0 Å². The Labute approximate surface area is 150 Å². The number of nitrogens with zero attached hydrogens (tertiary/aromatic N) is 2. The lowest BCUT2D eigenvalue weighted by atomic mass is 9.84. The van der Waals surface area contributed by atoms with Crippen LogP contribution in [-0.2, 0) is 12.5 Å². The maximum Gasteiger partial charge on any atom is 0.220 e. The number of benzene rings is 2. The maximum absolute atomic E-state index is 7.28. The summed E-state index contributed by atoms with van der Waals surface area (Å²) < 4.78 is 2.26. The van der Waals surface area contributed by atoms with E-state index in [-0.39, 0.29) is 5.41 Å². The lowest BCUT2D eigenvalue weighted by molar-refractivity contribution is -0.665. The molecule has 0 aliphatic rings. The summed E-state index contributed by atoms with van der Waals surface area (Å²) in [5.41, 5.74) is 7.06. The van der Waals surface area contributed by atoms with Crippen molar-refractivity contribution >= 4 is 16.5 Å². The molecule has 0 saturated heterocycles. The molecule has 1 heterocycles. The highest BCUT2D eigenvalue weighted by Crippen LogP contribution is 2.33. The average Bonchev–Trinajstić information content (AvgIpc) is 2.55. The van der Waals surface area contributed by atoms with Crippen LogP contribution in [-0.4, -0.2) is 0 Å². The summed E-state index contributed by atoms with van der Waals surface area (Å²) in [5.74, 6) is 0. The lowest BCUT2D eigenvalue weighted by Crippen LogP contribution is -2.35. The van der Waals surface area contributed by atoms with Gasteiger partial charge in [-0.25, -0.2) is 4.85 Å². The standard InChI is InChI=1S/C23H25N2/c1-15-8-9-18(23(3,4)5)14-21(15)22-20-11-10-19(24-6)13-17(20)12-16(2)25(22)7/h8-14H,1-5,7H3/q+1. The van der Waals surface area contributed by atoms with Gasteiger partial charge in [-0.2, -0.15) is 4.57 Å². The molecule has 0 saturated carbocycles. The number of aryl methyl sites for hydroxylation is 2. The average molecular weight is 329 g/mol. The van der Waals surface area contributed by atoms with E-state index in [9.17, 15) is 0 Å². The highest BCUT2D eigenvalue weighted by atomic mass is 14.9. The molecule has 0 fully saturated rings. The van der Waals surface area contributed by atoms with Gasteiger partial charge in [0.2, 0.25) is 5.69 Å². The zero-order valence-electron chi connectivity index (χ0n) is 15.9. The molecule has 3 rings (SSSR count). The van der Waals surface area contributed by atoms with Gasteiger partial charge in [-0.3, -0.25) is 0 Å². The molecule has 0 amide bonds. The number of hydrogen-bond donors (Lipinski definition) is 0. The first-order chi connectivity index (χ1) is 11.7. The van der Waals surface area contributed by atoms with E-state index < -0.39 is 0 Å². The molecule has 0 aliphatic heterocycles. The minimum Gasteiger partial charge on any atom is -0.238 e. The first kappa shape index (κ1) is 17.2. The third-order valence-corrected chi connectivity index (χ3v) is 5.01. The summed E-state index contributed by atoms with van der Waals surface area (Å²) in [7, 11) is 2.12. The van der Waals surface area contributed by atoms with Crippen LogP contribution < -0.4 is 4.57 Å².